The van der Waals surface area contributed by atoms with Crippen LogP contribution in [0.1, 0.15) is 20.3 Å². The van der Waals surface area contributed by atoms with Crippen LogP contribution < -0.4 is 5.73 Å². The van der Waals surface area contributed by atoms with Gasteiger partial charge in [0.2, 0.25) is 0 Å². The molecule has 0 fully saturated rings. The lowest BCUT2D eigenvalue weighted by atomic mass is 10.1. The first-order chi connectivity index (χ1) is 4.04. The number of carbonyl (C=O) groups excluding carboxylic acids is 1. The molecule has 0 aliphatic carbocycles. The second-order valence-electron chi connectivity index (χ2n) is 2.43. The molecule has 0 aliphatic rings. The van der Waals surface area contributed by atoms with E-state index in [1.165, 1.54) is 0 Å². The van der Waals surface area contributed by atoms with Gasteiger partial charge in [0.05, 0.1) is 0 Å². The zero-order valence-corrected chi connectivity index (χ0v) is 6.99. The molecule has 0 saturated carbocycles. The van der Waals surface area contributed by atoms with E-state index >= 15 is 0 Å². The molecule has 0 aliphatic heterocycles. The van der Waals surface area contributed by atoms with E-state index in [-0.39, 0.29) is 24.0 Å². The fourth-order valence-corrected chi connectivity index (χ4v) is 0.481. The Labute approximate surface area is 66.9 Å². The standard InChI is InChI=1S/C6H12N2O.ClH/c1-4(2)3-5(9)6(7)8;/h4H,3H2,1-2H3,(H3,7,8);1H. The van der Waals surface area contributed by atoms with Gasteiger partial charge in [0.1, 0.15) is 0 Å². The fourth-order valence-electron chi connectivity index (χ4n) is 0.481. The van der Waals surface area contributed by atoms with Gasteiger partial charge in [-0.2, -0.15) is 0 Å². The highest BCUT2D eigenvalue weighted by Crippen LogP contribution is 1.98. The molecule has 0 rings (SSSR count). The number of carbonyl (C=O) groups is 1. The molecule has 0 bridgehead atoms. The third-order valence-electron chi connectivity index (χ3n) is 0.894. The van der Waals surface area contributed by atoms with Crippen LogP contribution in [0.4, 0.5) is 0 Å². The molecule has 0 unspecified atom stereocenters. The number of halogens is 1. The molecular formula is C6H13ClN2O. The minimum absolute atomic E-state index is 0. The second-order valence-corrected chi connectivity index (χ2v) is 2.43. The van der Waals surface area contributed by atoms with Gasteiger partial charge in [0.15, 0.2) is 11.6 Å². The van der Waals surface area contributed by atoms with Gasteiger partial charge in [-0.3, -0.25) is 10.2 Å². The van der Waals surface area contributed by atoms with Crippen LogP contribution in [0.3, 0.4) is 0 Å². The van der Waals surface area contributed by atoms with Crippen molar-refractivity contribution in [3.63, 3.8) is 0 Å². The van der Waals surface area contributed by atoms with Gasteiger partial charge in [-0.1, -0.05) is 13.8 Å². The quantitative estimate of drug-likeness (QED) is 0.482. The molecule has 0 atom stereocenters. The molecule has 0 aromatic carbocycles. The number of hydrogen-bond donors (Lipinski definition) is 2. The molecule has 4 heteroatoms. The average molecular weight is 165 g/mol. The van der Waals surface area contributed by atoms with Gasteiger partial charge < -0.3 is 5.73 Å². The summed E-state index contributed by atoms with van der Waals surface area (Å²) in [6.07, 6.45) is 0.384. The Morgan fingerprint density at radius 1 is 1.60 bits per heavy atom. The van der Waals surface area contributed by atoms with Crippen LogP contribution in [-0.2, 0) is 4.79 Å². The van der Waals surface area contributed by atoms with E-state index in [1.807, 2.05) is 13.8 Å². The van der Waals surface area contributed by atoms with Crippen LogP contribution >= 0.6 is 12.4 Å². The van der Waals surface area contributed by atoms with Crippen molar-refractivity contribution < 1.29 is 4.79 Å². The molecule has 0 aromatic heterocycles. The predicted molar refractivity (Wildman–Crippen MR) is 43.6 cm³/mol. The van der Waals surface area contributed by atoms with Crippen LogP contribution in [0.5, 0.6) is 0 Å². The molecule has 10 heavy (non-hydrogen) atoms. The largest absolute Gasteiger partial charge is 0.381 e. The maximum Gasteiger partial charge on any atom is 0.197 e. The van der Waals surface area contributed by atoms with Crippen LogP contribution in [0.15, 0.2) is 0 Å². The zero-order chi connectivity index (χ0) is 7.44. The summed E-state index contributed by atoms with van der Waals surface area (Å²) in [5.74, 6) is -0.296. The first-order valence-electron chi connectivity index (χ1n) is 2.91. The Kier molecular flexibility index (Phi) is 6.35. The lowest BCUT2D eigenvalue weighted by Crippen LogP contribution is -2.23. The molecular weight excluding hydrogens is 152 g/mol. The van der Waals surface area contributed by atoms with Gasteiger partial charge in [-0.25, -0.2) is 0 Å². The molecule has 60 valence electrons. The Balaban J connectivity index is 0. The Hall–Kier alpha value is -0.570. The third kappa shape index (κ3) is 5.56. The average Bonchev–Trinajstić information content (AvgIpc) is 1.63. The van der Waals surface area contributed by atoms with Crippen molar-refractivity contribution in [1.29, 1.82) is 5.41 Å². The lowest BCUT2D eigenvalue weighted by Gasteiger charge is -1.99. The molecule has 3 N–H and O–H groups in total. The number of amidine groups is 1. The van der Waals surface area contributed by atoms with Gasteiger partial charge >= 0.3 is 0 Å². The molecule has 0 radical (unpaired) electrons. The number of rotatable bonds is 3. The molecule has 0 saturated heterocycles. The SMILES string of the molecule is CC(C)CC(=O)C(=N)N.Cl. The third-order valence-corrected chi connectivity index (χ3v) is 0.894. The van der Waals surface area contributed by atoms with Gasteiger partial charge in [0.25, 0.3) is 0 Å². The van der Waals surface area contributed by atoms with E-state index in [1.54, 1.807) is 0 Å². The van der Waals surface area contributed by atoms with Crippen LogP contribution in [0.25, 0.3) is 0 Å². The van der Waals surface area contributed by atoms with Crippen molar-refractivity contribution in [2.24, 2.45) is 11.7 Å². The minimum Gasteiger partial charge on any atom is -0.381 e. The predicted octanol–water partition coefficient (Wildman–Crippen LogP) is 0.959. The smallest absolute Gasteiger partial charge is 0.197 e. The maximum atomic E-state index is 10.6. The molecule has 3 nitrogen and oxygen atoms in total. The Morgan fingerprint density at radius 2 is 2.00 bits per heavy atom. The molecule has 0 amide bonds. The van der Waals surface area contributed by atoms with Crippen LogP contribution in [0.2, 0.25) is 0 Å². The lowest BCUT2D eigenvalue weighted by molar-refractivity contribution is -0.113. The van der Waals surface area contributed by atoms with E-state index in [2.05, 4.69) is 0 Å². The second kappa shape index (κ2) is 5.23. The van der Waals surface area contributed by atoms with Crippen molar-refractivity contribution in [3.8, 4) is 0 Å². The zero-order valence-electron chi connectivity index (χ0n) is 6.18. The summed E-state index contributed by atoms with van der Waals surface area (Å²) < 4.78 is 0. The van der Waals surface area contributed by atoms with Crippen molar-refractivity contribution in [3.05, 3.63) is 0 Å². The number of hydrogen-bond acceptors (Lipinski definition) is 2. The summed E-state index contributed by atoms with van der Waals surface area (Å²) in [4.78, 5) is 10.6. The molecule has 0 heterocycles. The van der Waals surface area contributed by atoms with E-state index in [0.717, 1.165) is 0 Å². The fraction of sp³-hybridized carbons (Fsp3) is 0.667. The number of ketones is 1. The summed E-state index contributed by atoms with van der Waals surface area (Å²) in [6.45, 7) is 3.84. The summed E-state index contributed by atoms with van der Waals surface area (Å²) in [5.41, 5.74) is 4.92. The van der Waals surface area contributed by atoms with Crippen molar-refractivity contribution in [1.82, 2.24) is 0 Å². The van der Waals surface area contributed by atoms with E-state index < -0.39 is 0 Å². The van der Waals surface area contributed by atoms with E-state index in [4.69, 9.17) is 11.1 Å². The van der Waals surface area contributed by atoms with Crippen molar-refractivity contribution in [2.45, 2.75) is 20.3 Å². The topological polar surface area (TPSA) is 66.9 Å². The van der Waals surface area contributed by atoms with Gasteiger partial charge in [0, 0.05) is 6.42 Å². The highest BCUT2D eigenvalue weighted by atomic mass is 35.5. The highest BCUT2D eigenvalue weighted by Gasteiger charge is 2.06. The number of nitrogens with two attached hydrogens (primary N) is 1. The number of nitrogens with one attached hydrogen (secondary N) is 1. The van der Waals surface area contributed by atoms with E-state index in [9.17, 15) is 4.79 Å². The first kappa shape index (κ1) is 12.1. The van der Waals surface area contributed by atoms with Crippen molar-refractivity contribution in [2.75, 3.05) is 0 Å². The molecule has 0 aromatic rings. The Morgan fingerprint density at radius 3 is 2.10 bits per heavy atom. The normalized spacial score (nSPS) is 8.70. The monoisotopic (exact) mass is 164 g/mol. The van der Waals surface area contributed by atoms with E-state index in [0.29, 0.717) is 12.3 Å². The summed E-state index contributed by atoms with van der Waals surface area (Å²) >= 11 is 0. The minimum atomic E-state index is -0.330. The maximum absolute atomic E-state index is 10.6. The first-order valence-corrected chi connectivity index (χ1v) is 2.91. The summed E-state index contributed by atoms with van der Waals surface area (Å²) in [7, 11) is 0. The number of Topliss-reactive ketones (excluding diaryl/α,β-unsaturated/α-hetero) is 1. The van der Waals surface area contributed by atoms with Crippen LogP contribution in [-0.4, -0.2) is 11.6 Å². The van der Waals surface area contributed by atoms with Gasteiger partial charge in [-0.05, 0) is 5.92 Å². The van der Waals surface area contributed by atoms with Gasteiger partial charge in [-0.15, -0.1) is 12.4 Å². The summed E-state index contributed by atoms with van der Waals surface area (Å²) in [5, 5.41) is 6.72. The van der Waals surface area contributed by atoms with Crippen molar-refractivity contribution >= 4 is 24.0 Å². The highest BCUT2D eigenvalue weighted by molar-refractivity contribution is 6.36. The molecule has 0 spiro atoms. The summed E-state index contributed by atoms with van der Waals surface area (Å²) in [6, 6.07) is 0. The van der Waals surface area contributed by atoms with Crippen LogP contribution in [0, 0.1) is 11.3 Å². The Bertz CT molecular complexity index is 134.